The number of para-hydroxylation sites is 2. The fourth-order valence-corrected chi connectivity index (χ4v) is 7.69. The lowest BCUT2D eigenvalue weighted by Gasteiger charge is -2.22. The van der Waals surface area contributed by atoms with Crippen LogP contribution < -0.4 is 10.6 Å². The van der Waals surface area contributed by atoms with Crippen molar-refractivity contribution in [2.75, 3.05) is 26.2 Å². The van der Waals surface area contributed by atoms with Gasteiger partial charge in [-0.05, 0) is 50.2 Å². The SMILES string of the molecule is C[C@H](CN1C(=O)c2ccc3c(c2C1=O)c1ccccc1n3C)NCCN[C@H](C)CN1C(=O)c2ccc3c(c2C1=O)c1ccccc1n3C. The zero-order valence-corrected chi connectivity index (χ0v) is 27.3. The number of fused-ring (bicyclic) bond motifs is 10. The van der Waals surface area contributed by atoms with Crippen molar-refractivity contribution in [2.24, 2.45) is 14.1 Å². The highest BCUT2D eigenvalue weighted by atomic mass is 16.2. The molecule has 0 fully saturated rings. The number of carbonyl (C=O) groups excluding carboxylic acids is 4. The number of hydrogen-bond donors (Lipinski definition) is 2. The van der Waals surface area contributed by atoms with E-state index in [1.165, 1.54) is 9.80 Å². The van der Waals surface area contributed by atoms with Crippen molar-refractivity contribution in [3.63, 3.8) is 0 Å². The predicted octanol–water partition coefficient (Wildman–Crippen LogP) is 4.82. The van der Waals surface area contributed by atoms with Crippen LogP contribution in [0.4, 0.5) is 0 Å². The number of aromatic nitrogens is 2. The summed E-state index contributed by atoms with van der Waals surface area (Å²) in [6.07, 6.45) is 0. The Balaban J connectivity index is 0.890. The van der Waals surface area contributed by atoms with Crippen LogP contribution in [0.1, 0.15) is 55.3 Å². The van der Waals surface area contributed by atoms with Gasteiger partial charge in [-0.3, -0.25) is 29.0 Å². The summed E-state index contributed by atoms with van der Waals surface area (Å²) in [5.74, 6) is -1.07. The Morgan fingerprint density at radius 3 is 1.33 bits per heavy atom. The Hall–Kier alpha value is -5.32. The molecule has 2 aromatic heterocycles. The topological polar surface area (TPSA) is 109 Å². The summed E-state index contributed by atoms with van der Waals surface area (Å²) in [6, 6.07) is 22.9. The van der Waals surface area contributed by atoms with E-state index in [0.717, 1.165) is 43.6 Å². The van der Waals surface area contributed by atoms with Crippen LogP contribution in [0.25, 0.3) is 43.6 Å². The molecule has 4 aromatic carbocycles. The van der Waals surface area contributed by atoms with E-state index in [1.54, 1.807) is 12.1 Å². The molecular weight excluding hydrogens is 604 g/mol. The number of imide groups is 2. The van der Waals surface area contributed by atoms with Gasteiger partial charge in [0.05, 0.1) is 22.3 Å². The second kappa shape index (κ2) is 11.1. The van der Waals surface area contributed by atoms with Gasteiger partial charge in [0.1, 0.15) is 0 Å². The standard InChI is InChI=1S/C38H36N6O4/c1-21(19-43-35(45)25-13-15-29-31(33(25)37(43)47)23-9-5-7-11-27(23)41(29)3)39-17-18-40-22(2)20-44-36(46)26-14-16-30-32(34(26)38(44)48)24-10-6-8-12-28(24)42(30)4/h5-16,21-22,39-40H,17-20H2,1-4H3/t21-,22-/m1/s1. The van der Waals surface area contributed by atoms with Crippen molar-refractivity contribution in [1.29, 1.82) is 0 Å². The predicted molar refractivity (Wildman–Crippen MR) is 187 cm³/mol. The van der Waals surface area contributed by atoms with Gasteiger partial charge in [-0.25, -0.2) is 0 Å². The first-order chi connectivity index (χ1) is 23.2. The zero-order chi connectivity index (χ0) is 33.4. The zero-order valence-electron chi connectivity index (χ0n) is 27.3. The Labute approximate surface area is 276 Å². The molecule has 2 aliphatic heterocycles. The third-order valence-electron chi connectivity index (χ3n) is 10.1. The Kier molecular flexibility index (Phi) is 6.97. The number of amides is 4. The van der Waals surface area contributed by atoms with Crippen LogP contribution in [0.2, 0.25) is 0 Å². The molecule has 0 aliphatic carbocycles. The van der Waals surface area contributed by atoms with E-state index in [4.69, 9.17) is 0 Å². The minimum Gasteiger partial charge on any atom is -0.344 e. The van der Waals surface area contributed by atoms with Gasteiger partial charge >= 0.3 is 0 Å². The first-order valence-electron chi connectivity index (χ1n) is 16.4. The lowest BCUT2D eigenvalue weighted by molar-refractivity contribution is 0.0624. The molecule has 0 saturated carbocycles. The largest absolute Gasteiger partial charge is 0.344 e. The summed E-state index contributed by atoms with van der Waals surface area (Å²) in [7, 11) is 3.94. The van der Waals surface area contributed by atoms with Crippen molar-refractivity contribution in [3.05, 3.63) is 95.1 Å². The van der Waals surface area contributed by atoms with Gasteiger partial charge in [0, 0.05) is 96.0 Å². The molecule has 0 unspecified atom stereocenters. The maximum atomic E-state index is 13.7. The smallest absolute Gasteiger partial charge is 0.262 e. The highest BCUT2D eigenvalue weighted by Gasteiger charge is 2.40. The van der Waals surface area contributed by atoms with Gasteiger partial charge in [-0.2, -0.15) is 0 Å². The van der Waals surface area contributed by atoms with Crippen LogP contribution in [-0.2, 0) is 14.1 Å². The quantitative estimate of drug-likeness (QED) is 0.173. The average Bonchev–Trinajstić information content (AvgIpc) is 3.72. The average molecular weight is 641 g/mol. The van der Waals surface area contributed by atoms with Crippen molar-refractivity contribution < 1.29 is 19.2 Å². The minimum absolute atomic E-state index is 0.147. The summed E-state index contributed by atoms with van der Waals surface area (Å²) in [5.41, 5.74) is 5.72. The van der Waals surface area contributed by atoms with E-state index in [1.807, 2.05) is 88.6 Å². The molecule has 10 nitrogen and oxygen atoms in total. The summed E-state index contributed by atoms with van der Waals surface area (Å²) >= 11 is 0. The van der Waals surface area contributed by atoms with E-state index in [0.29, 0.717) is 35.3 Å². The number of hydrogen-bond acceptors (Lipinski definition) is 6. The van der Waals surface area contributed by atoms with E-state index in [2.05, 4.69) is 19.8 Å². The van der Waals surface area contributed by atoms with Gasteiger partial charge in [-0.15, -0.1) is 0 Å². The second-order valence-electron chi connectivity index (χ2n) is 13.1. The molecule has 2 atom stereocenters. The molecule has 0 radical (unpaired) electrons. The third-order valence-corrected chi connectivity index (χ3v) is 10.1. The molecule has 0 spiro atoms. The lowest BCUT2D eigenvalue weighted by Crippen LogP contribution is -2.46. The molecule has 242 valence electrons. The third kappa shape index (κ3) is 4.33. The molecular formula is C38H36N6O4. The first kappa shape index (κ1) is 30.0. The number of nitrogens with zero attached hydrogens (tertiary/aromatic N) is 4. The summed E-state index contributed by atoms with van der Waals surface area (Å²) < 4.78 is 4.11. The van der Waals surface area contributed by atoms with Crippen molar-refractivity contribution >= 4 is 67.2 Å². The fraction of sp³-hybridized carbons (Fsp3) is 0.263. The maximum absolute atomic E-state index is 13.7. The molecule has 4 heterocycles. The van der Waals surface area contributed by atoms with Gasteiger partial charge in [0.2, 0.25) is 0 Å². The van der Waals surface area contributed by atoms with E-state index < -0.39 is 0 Å². The van der Waals surface area contributed by atoms with Crippen LogP contribution in [0.15, 0.2) is 72.8 Å². The molecule has 2 N–H and O–H groups in total. The van der Waals surface area contributed by atoms with E-state index in [-0.39, 0.29) is 48.8 Å². The molecule has 8 rings (SSSR count). The highest BCUT2D eigenvalue weighted by Crippen LogP contribution is 2.38. The van der Waals surface area contributed by atoms with Crippen molar-refractivity contribution in [3.8, 4) is 0 Å². The summed E-state index contributed by atoms with van der Waals surface area (Å²) in [5, 5.41) is 10.4. The number of carbonyl (C=O) groups is 4. The van der Waals surface area contributed by atoms with E-state index >= 15 is 0 Å². The monoisotopic (exact) mass is 640 g/mol. The number of rotatable bonds is 9. The number of nitrogens with one attached hydrogen (secondary N) is 2. The molecule has 2 aliphatic rings. The molecule has 0 saturated heterocycles. The lowest BCUT2D eigenvalue weighted by atomic mass is 10.0. The maximum Gasteiger partial charge on any atom is 0.262 e. The van der Waals surface area contributed by atoms with Gasteiger partial charge in [0.15, 0.2) is 0 Å². The van der Waals surface area contributed by atoms with E-state index in [9.17, 15) is 19.2 Å². The van der Waals surface area contributed by atoms with Gasteiger partial charge < -0.3 is 19.8 Å². The van der Waals surface area contributed by atoms with Crippen molar-refractivity contribution in [1.82, 2.24) is 29.6 Å². The number of aryl methyl sites for hydroxylation is 2. The second-order valence-corrected chi connectivity index (χ2v) is 13.1. The first-order valence-corrected chi connectivity index (χ1v) is 16.4. The summed E-state index contributed by atoms with van der Waals surface area (Å²) in [4.78, 5) is 56.8. The Bertz CT molecular complexity index is 2200. The summed E-state index contributed by atoms with van der Waals surface area (Å²) in [6.45, 7) is 5.53. The minimum atomic E-state index is -0.271. The van der Waals surface area contributed by atoms with Crippen LogP contribution in [0.5, 0.6) is 0 Å². The van der Waals surface area contributed by atoms with Crippen LogP contribution in [0.3, 0.4) is 0 Å². The highest BCUT2D eigenvalue weighted by molar-refractivity contribution is 6.31. The molecule has 10 heteroatoms. The normalized spacial score (nSPS) is 15.9. The van der Waals surface area contributed by atoms with Gasteiger partial charge in [0.25, 0.3) is 23.6 Å². The fourth-order valence-electron chi connectivity index (χ4n) is 7.69. The van der Waals surface area contributed by atoms with Gasteiger partial charge in [-0.1, -0.05) is 36.4 Å². The van der Waals surface area contributed by atoms with Crippen LogP contribution in [-0.4, -0.2) is 80.8 Å². The number of benzene rings is 4. The molecule has 0 bridgehead atoms. The van der Waals surface area contributed by atoms with Crippen molar-refractivity contribution in [2.45, 2.75) is 25.9 Å². The molecule has 48 heavy (non-hydrogen) atoms. The molecule has 6 aromatic rings. The Morgan fingerprint density at radius 1 is 0.521 bits per heavy atom. The molecule has 4 amide bonds. The Morgan fingerprint density at radius 2 is 0.917 bits per heavy atom. The van der Waals surface area contributed by atoms with Crippen LogP contribution in [0, 0.1) is 0 Å². The van der Waals surface area contributed by atoms with Crippen LogP contribution >= 0.6 is 0 Å².